The number of aliphatic hydroxyl groups is 1. The zero-order valence-corrected chi connectivity index (χ0v) is 17.5. The molecule has 1 saturated heterocycles. The zero-order chi connectivity index (χ0) is 21.4. The van der Waals surface area contributed by atoms with Crippen molar-refractivity contribution in [2.45, 2.75) is 31.7 Å². The van der Waals surface area contributed by atoms with Crippen LogP contribution in [0.25, 0.3) is 11.3 Å². The molecule has 1 amide bonds. The van der Waals surface area contributed by atoms with Crippen LogP contribution in [0.1, 0.15) is 17.5 Å². The quantitative estimate of drug-likeness (QED) is 0.502. The lowest BCUT2D eigenvalue weighted by atomic mass is 10.1. The molecule has 8 heteroatoms. The minimum Gasteiger partial charge on any atom is -0.392 e. The van der Waals surface area contributed by atoms with Crippen molar-refractivity contribution in [3.05, 3.63) is 70.9 Å². The van der Waals surface area contributed by atoms with Crippen molar-refractivity contribution >= 4 is 29.1 Å². The van der Waals surface area contributed by atoms with Gasteiger partial charge in [0.05, 0.1) is 28.5 Å². The Balaban J connectivity index is 1.57. The van der Waals surface area contributed by atoms with E-state index < -0.39 is 6.10 Å². The molecule has 3 heterocycles. The maximum Gasteiger partial charge on any atom is 0.237 e. The molecule has 2 atom stereocenters. The molecule has 1 fully saturated rings. The lowest BCUT2D eigenvalue weighted by Crippen LogP contribution is -2.42. The van der Waals surface area contributed by atoms with Gasteiger partial charge < -0.3 is 15.7 Å². The Kier molecular flexibility index (Phi) is 5.31. The van der Waals surface area contributed by atoms with Gasteiger partial charge in [-0.05, 0) is 41.8 Å². The van der Waals surface area contributed by atoms with E-state index in [0.717, 1.165) is 22.4 Å². The van der Waals surface area contributed by atoms with E-state index in [1.54, 1.807) is 6.20 Å². The fourth-order valence-corrected chi connectivity index (χ4v) is 4.34. The molecule has 5 rings (SSSR count). The third kappa shape index (κ3) is 4.25. The fraction of sp³-hybridized carbons (Fsp3) is 0.261. The largest absolute Gasteiger partial charge is 0.392 e. The third-order valence-electron chi connectivity index (χ3n) is 5.69. The number of carbonyl (C=O) groups excluding carboxylic acids is 1. The summed E-state index contributed by atoms with van der Waals surface area (Å²) in [6, 6.07) is 15.0. The molecule has 2 aliphatic heterocycles. The van der Waals surface area contributed by atoms with Gasteiger partial charge in [0, 0.05) is 31.4 Å². The standard InChI is InChI=1S/C23H22ClN5O2/c24-18-5-4-15-9-20(18)28-23-25-7-6-19(27-23)16-3-1-2-14(8-16)11-26-22(31)21-10-17(30)13-29(21)12-15/h1-9,17,21,30H,10-13H2,(H,26,31)(H,25,27,28)/t17-,21+/m1/s1. The molecule has 3 aromatic rings. The fourth-order valence-electron chi connectivity index (χ4n) is 4.18. The van der Waals surface area contributed by atoms with Crippen LogP contribution >= 0.6 is 11.6 Å². The molecule has 3 N–H and O–H groups in total. The first-order chi connectivity index (χ1) is 15.0. The van der Waals surface area contributed by atoms with Gasteiger partial charge in [0.2, 0.25) is 11.9 Å². The number of rotatable bonds is 0. The second kappa shape index (κ2) is 8.26. The number of nitrogens with one attached hydrogen (secondary N) is 2. The van der Waals surface area contributed by atoms with Crippen molar-refractivity contribution < 1.29 is 9.90 Å². The van der Waals surface area contributed by atoms with E-state index in [9.17, 15) is 9.90 Å². The molecule has 158 valence electrons. The van der Waals surface area contributed by atoms with Crippen molar-refractivity contribution in [3.8, 4) is 11.3 Å². The Labute approximate surface area is 185 Å². The van der Waals surface area contributed by atoms with Gasteiger partial charge in [-0.1, -0.05) is 35.9 Å². The molecule has 1 aromatic heterocycles. The number of aromatic nitrogens is 2. The van der Waals surface area contributed by atoms with Gasteiger partial charge in [-0.3, -0.25) is 9.69 Å². The summed E-state index contributed by atoms with van der Waals surface area (Å²) in [5.74, 6) is 0.377. The van der Waals surface area contributed by atoms with Crippen LogP contribution in [0.2, 0.25) is 5.02 Å². The minimum atomic E-state index is -0.527. The van der Waals surface area contributed by atoms with E-state index in [0.29, 0.717) is 42.7 Å². The van der Waals surface area contributed by atoms with Crippen LogP contribution in [-0.2, 0) is 17.9 Å². The minimum absolute atomic E-state index is 0.0781. The van der Waals surface area contributed by atoms with Gasteiger partial charge in [0.15, 0.2) is 0 Å². The number of amides is 1. The number of benzene rings is 2. The normalized spacial score (nSPS) is 21.2. The molecule has 0 unspecified atom stereocenters. The summed E-state index contributed by atoms with van der Waals surface area (Å²) in [6.45, 7) is 1.38. The van der Waals surface area contributed by atoms with Crippen LogP contribution < -0.4 is 10.6 Å². The molecule has 0 spiro atoms. The second-order valence-electron chi connectivity index (χ2n) is 7.96. The van der Waals surface area contributed by atoms with Gasteiger partial charge in [-0.2, -0.15) is 0 Å². The van der Waals surface area contributed by atoms with E-state index >= 15 is 0 Å². The smallest absolute Gasteiger partial charge is 0.237 e. The number of hydrogen-bond donors (Lipinski definition) is 3. The molecule has 2 aromatic carbocycles. The average molecular weight is 436 g/mol. The van der Waals surface area contributed by atoms with Gasteiger partial charge in [0.25, 0.3) is 0 Å². The Hall–Kier alpha value is -3.00. The highest BCUT2D eigenvalue weighted by Crippen LogP contribution is 2.29. The van der Waals surface area contributed by atoms with Crippen LogP contribution in [0, 0.1) is 0 Å². The monoisotopic (exact) mass is 435 g/mol. The van der Waals surface area contributed by atoms with Gasteiger partial charge >= 0.3 is 0 Å². The van der Waals surface area contributed by atoms with Gasteiger partial charge in [0.1, 0.15) is 0 Å². The van der Waals surface area contributed by atoms with Crippen molar-refractivity contribution in [1.82, 2.24) is 20.2 Å². The summed E-state index contributed by atoms with van der Waals surface area (Å²) in [7, 11) is 0. The first kappa shape index (κ1) is 19.9. The summed E-state index contributed by atoms with van der Waals surface area (Å²) >= 11 is 6.42. The van der Waals surface area contributed by atoms with Gasteiger partial charge in [-0.15, -0.1) is 0 Å². The van der Waals surface area contributed by atoms with Crippen LogP contribution in [0.4, 0.5) is 11.6 Å². The number of halogens is 1. The predicted octanol–water partition coefficient (Wildman–Crippen LogP) is 3.11. The number of anilines is 2. The number of aliphatic hydroxyl groups excluding tert-OH is 1. The number of carbonyl (C=O) groups is 1. The molecule has 7 nitrogen and oxygen atoms in total. The van der Waals surface area contributed by atoms with E-state index in [2.05, 4.69) is 20.6 Å². The Bertz CT molecular complexity index is 1140. The first-order valence-electron chi connectivity index (χ1n) is 10.2. The lowest BCUT2D eigenvalue weighted by molar-refractivity contribution is -0.125. The molecule has 31 heavy (non-hydrogen) atoms. The van der Waals surface area contributed by atoms with E-state index in [4.69, 9.17) is 11.6 Å². The van der Waals surface area contributed by atoms with Crippen LogP contribution in [0.3, 0.4) is 0 Å². The van der Waals surface area contributed by atoms with Crippen molar-refractivity contribution in [2.75, 3.05) is 11.9 Å². The van der Waals surface area contributed by atoms with Crippen molar-refractivity contribution in [3.63, 3.8) is 0 Å². The molecule has 2 aliphatic rings. The average Bonchev–Trinajstić information content (AvgIpc) is 3.14. The zero-order valence-electron chi connectivity index (χ0n) is 16.8. The highest BCUT2D eigenvalue weighted by Gasteiger charge is 2.35. The number of hydrogen-bond acceptors (Lipinski definition) is 6. The first-order valence-corrected chi connectivity index (χ1v) is 10.6. The maximum atomic E-state index is 12.9. The number of fused-ring (bicyclic) bond motifs is 8. The SMILES string of the molecule is O=C1NCc2cccc(c2)-c2ccnc(n2)Nc2cc(ccc2Cl)CN2C[C@H](O)C[C@@H]12. The molecular weight excluding hydrogens is 414 g/mol. The molecule has 6 bridgehead atoms. The molecule has 0 aliphatic carbocycles. The summed E-state index contributed by atoms with van der Waals surface area (Å²) in [5.41, 5.74) is 4.35. The van der Waals surface area contributed by atoms with Gasteiger partial charge in [-0.25, -0.2) is 9.97 Å². The predicted molar refractivity (Wildman–Crippen MR) is 119 cm³/mol. The molecule has 0 radical (unpaired) electrons. The summed E-state index contributed by atoms with van der Waals surface area (Å²) in [6.07, 6.45) is 1.60. The highest BCUT2D eigenvalue weighted by molar-refractivity contribution is 6.33. The van der Waals surface area contributed by atoms with Crippen LogP contribution in [-0.4, -0.2) is 44.6 Å². The van der Waals surface area contributed by atoms with E-state index in [-0.39, 0.29) is 11.9 Å². The molecular formula is C23H22ClN5O2. The molecule has 0 saturated carbocycles. The van der Waals surface area contributed by atoms with Crippen LogP contribution in [0.5, 0.6) is 0 Å². The Morgan fingerprint density at radius 1 is 1.13 bits per heavy atom. The third-order valence-corrected chi connectivity index (χ3v) is 6.02. The van der Waals surface area contributed by atoms with E-state index in [1.165, 1.54) is 0 Å². The summed E-state index contributed by atoms with van der Waals surface area (Å²) < 4.78 is 0. The van der Waals surface area contributed by atoms with E-state index in [1.807, 2.05) is 53.4 Å². The van der Waals surface area contributed by atoms with Crippen molar-refractivity contribution in [2.24, 2.45) is 0 Å². The summed E-state index contributed by atoms with van der Waals surface area (Å²) in [5, 5.41) is 17.0. The van der Waals surface area contributed by atoms with Crippen molar-refractivity contribution in [1.29, 1.82) is 0 Å². The van der Waals surface area contributed by atoms with Crippen LogP contribution in [0.15, 0.2) is 54.7 Å². The Morgan fingerprint density at radius 2 is 2.03 bits per heavy atom. The Morgan fingerprint density at radius 3 is 2.94 bits per heavy atom. The maximum absolute atomic E-state index is 12.9. The topological polar surface area (TPSA) is 90.4 Å². The summed E-state index contributed by atoms with van der Waals surface area (Å²) in [4.78, 5) is 23.9. The highest BCUT2D eigenvalue weighted by atomic mass is 35.5. The lowest BCUT2D eigenvalue weighted by Gasteiger charge is -2.24. The number of nitrogens with zero attached hydrogens (tertiary/aromatic N) is 3. The second-order valence-corrected chi connectivity index (χ2v) is 8.36.